The molecule has 1 saturated heterocycles. The second-order valence-electron chi connectivity index (χ2n) is 5.24. The van der Waals surface area contributed by atoms with E-state index in [1.807, 2.05) is 31.2 Å². The van der Waals surface area contributed by atoms with Gasteiger partial charge in [0, 0.05) is 19.0 Å². The number of para-hydroxylation sites is 1. The van der Waals surface area contributed by atoms with Gasteiger partial charge in [-0.05, 0) is 18.6 Å². The summed E-state index contributed by atoms with van der Waals surface area (Å²) in [5.74, 6) is -0.552. The van der Waals surface area contributed by atoms with Crippen LogP contribution in [0.1, 0.15) is 12.5 Å². The highest BCUT2D eigenvalue weighted by atomic mass is 16.5. The number of carbonyl (C=O) groups is 2. The van der Waals surface area contributed by atoms with Crippen molar-refractivity contribution in [2.45, 2.75) is 13.8 Å². The first-order chi connectivity index (χ1) is 9.49. The highest BCUT2D eigenvalue weighted by molar-refractivity contribution is 5.79. The first-order valence-corrected chi connectivity index (χ1v) is 6.68. The molecule has 0 aliphatic carbocycles. The maximum absolute atomic E-state index is 11.9. The van der Waals surface area contributed by atoms with Crippen LogP contribution in [0.15, 0.2) is 24.3 Å². The number of hydrogen-bond donors (Lipinski definition) is 1. The summed E-state index contributed by atoms with van der Waals surface area (Å²) >= 11 is 0. The zero-order valence-corrected chi connectivity index (χ0v) is 11.7. The van der Waals surface area contributed by atoms with Crippen LogP contribution in [0.3, 0.4) is 0 Å². The van der Waals surface area contributed by atoms with Crippen LogP contribution in [0.4, 0.5) is 0 Å². The zero-order chi connectivity index (χ0) is 14.7. The van der Waals surface area contributed by atoms with Gasteiger partial charge in [-0.25, -0.2) is 0 Å². The van der Waals surface area contributed by atoms with Gasteiger partial charge in [0.15, 0.2) is 6.61 Å². The lowest BCUT2D eigenvalue weighted by Crippen LogP contribution is -2.54. The lowest BCUT2D eigenvalue weighted by molar-refractivity contribution is -0.151. The normalized spacial score (nSPS) is 16.4. The molecule has 1 N–H and O–H groups in total. The number of carboxylic acids is 1. The van der Waals surface area contributed by atoms with Crippen LogP contribution in [0.2, 0.25) is 0 Å². The van der Waals surface area contributed by atoms with Crippen LogP contribution < -0.4 is 4.74 Å². The van der Waals surface area contributed by atoms with E-state index in [1.165, 1.54) is 0 Å². The molecule has 0 radical (unpaired) electrons. The molecule has 5 nitrogen and oxygen atoms in total. The van der Waals surface area contributed by atoms with Crippen molar-refractivity contribution in [1.29, 1.82) is 0 Å². The molecule has 1 unspecified atom stereocenters. The van der Waals surface area contributed by atoms with Crippen molar-refractivity contribution in [3.8, 4) is 5.75 Å². The molecule has 0 spiro atoms. The highest BCUT2D eigenvalue weighted by Gasteiger charge is 2.37. The van der Waals surface area contributed by atoms with Gasteiger partial charge < -0.3 is 14.7 Å². The van der Waals surface area contributed by atoms with Gasteiger partial charge in [-0.1, -0.05) is 25.1 Å². The third-order valence-electron chi connectivity index (χ3n) is 3.80. The van der Waals surface area contributed by atoms with Gasteiger partial charge in [-0.3, -0.25) is 9.59 Å². The van der Waals surface area contributed by atoms with Gasteiger partial charge in [-0.2, -0.15) is 0 Å². The fourth-order valence-corrected chi connectivity index (χ4v) is 2.18. The molecule has 0 aromatic heterocycles. The number of aliphatic carboxylic acids is 1. The molecule has 1 atom stereocenters. The fraction of sp³-hybridized carbons (Fsp3) is 0.467. The molecule has 1 aromatic rings. The van der Waals surface area contributed by atoms with E-state index in [2.05, 4.69) is 0 Å². The summed E-state index contributed by atoms with van der Waals surface area (Å²) in [5.41, 5.74) is 0.987. The maximum Gasteiger partial charge on any atom is 0.306 e. The Kier molecular flexibility index (Phi) is 4.27. The predicted molar refractivity (Wildman–Crippen MR) is 73.5 cm³/mol. The number of carbonyl (C=O) groups excluding carboxylic acids is 1. The smallest absolute Gasteiger partial charge is 0.306 e. The van der Waals surface area contributed by atoms with Crippen LogP contribution in [0.25, 0.3) is 0 Å². The van der Waals surface area contributed by atoms with E-state index in [-0.39, 0.29) is 18.4 Å². The molecule has 2 rings (SSSR count). The van der Waals surface area contributed by atoms with E-state index in [0.717, 1.165) is 5.56 Å². The fourth-order valence-electron chi connectivity index (χ4n) is 2.18. The summed E-state index contributed by atoms with van der Waals surface area (Å²) in [6.45, 7) is 4.61. The number of rotatable bonds is 5. The number of aryl methyl sites for hydroxylation is 1. The monoisotopic (exact) mass is 277 g/mol. The van der Waals surface area contributed by atoms with Crippen molar-refractivity contribution >= 4 is 11.9 Å². The third-order valence-corrected chi connectivity index (χ3v) is 3.80. The van der Waals surface area contributed by atoms with E-state index >= 15 is 0 Å². The molecule has 20 heavy (non-hydrogen) atoms. The Balaban J connectivity index is 1.78. The van der Waals surface area contributed by atoms with E-state index in [4.69, 9.17) is 9.84 Å². The Labute approximate surface area is 118 Å². The first-order valence-electron chi connectivity index (χ1n) is 6.68. The Bertz CT molecular complexity index is 508. The van der Waals surface area contributed by atoms with Crippen molar-refractivity contribution in [1.82, 2.24) is 4.90 Å². The van der Waals surface area contributed by atoms with Gasteiger partial charge in [0.1, 0.15) is 5.75 Å². The minimum Gasteiger partial charge on any atom is -0.484 e. The van der Waals surface area contributed by atoms with Crippen LogP contribution >= 0.6 is 0 Å². The van der Waals surface area contributed by atoms with E-state index in [1.54, 1.807) is 11.8 Å². The van der Waals surface area contributed by atoms with Gasteiger partial charge >= 0.3 is 5.97 Å². The van der Waals surface area contributed by atoms with E-state index in [9.17, 15) is 9.59 Å². The highest BCUT2D eigenvalue weighted by Crippen LogP contribution is 2.24. The summed E-state index contributed by atoms with van der Waals surface area (Å²) in [4.78, 5) is 24.4. The zero-order valence-electron chi connectivity index (χ0n) is 11.7. The van der Waals surface area contributed by atoms with Crippen LogP contribution in [-0.4, -0.2) is 41.6 Å². The molecular formula is C15H19NO4. The topological polar surface area (TPSA) is 66.8 Å². The molecule has 1 aliphatic rings. The van der Waals surface area contributed by atoms with Gasteiger partial charge in [0.25, 0.3) is 5.91 Å². The van der Waals surface area contributed by atoms with E-state index < -0.39 is 11.9 Å². The molecule has 0 saturated carbocycles. The van der Waals surface area contributed by atoms with Crippen molar-refractivity contribution in [2.24, 2.45) is 11.8 Å². The number of likely N-dealkylation sites (tertiary alicyclic amines) is 1. The average molecular weight is 277 g/mol. The number of nitrogens with zero attached hydrogens (tertiary/aromatic N) is 1. The Morgan fingerprint density at radius 3 is 2.65 bits per heavy atom. The molecule has 1 heterocycles. The molecule has 1 amide bonds. The maximum atomic E-state index is 11.9. The number of carboxylic acid groups (broad SMARTS) is 1. The summed E-state index contributed by atoms with van der Waals surface area (Å²) in [6, 6.07) is 7.53. The number of ether oxygens (including phenoxy) is 1. The quantitative estimate of drug-likeness (QED) is 0.886. The Morgan fingerprint density at radius 2 is 2.05 bits per heavy atom. The summed E-state index contributed by atoms with van der Waals surface area (Å²) in [7, 11) is 0. The SMILES string of the molecule is Cc1ccccc1OCC(=O)N1CC(C(C)C(=O)O)C1. The minimum absolute atomic E-state index is 0.000967. The van der Waals surface area contributed by atoms with Crippen molar-refractivity contribution < 1.29 is 19.4 Å². The second-order valence-corrected chi connectivity index (χ2v) is 5.24. The molecule has 1 fully saturated rings. The van der Waals surface area contributed by atoms with Crippen molar-refractivity contribution in [2.75, 3.05) is 19.7 Å². The summed E-state index contributed by atoms with van der Waals surface area (Å²) < 4.78 is 5.49. The first kappa shape index (κ1) is 14.4. The largest absolute Gasteiger partial charge is 0.484 e. The third kappa shape index (κ3) is 3.10. The summed E-state index contributed by atoms with van der Waals surface area (Å²) in [5, 5.41) is 8.90. The van der Waals surface area contributed by atoms with Crippen LogP contribution in [0.5, 0.6) is 5.75 Å². The Hall–Kier alpha value is -2.04. The van der Waals surface area contributed by atoms with Crippen LogP contribution in [-0.2, 0) is 9.59 Å². The number of hydrogen-bond acceptors (Lipinski definition) is 3. The predicted octanol–water partition coefficient (Wildman–Crippen LogP) is 1.55. The number of benzene rings is 1. The molecule has 5 heteroatoms. The lowest BCUT2D eigenvalue weighted by Gasteiger charge is -2.41. The van der Waals surface area contributed by atoms with Crippen LogP contribution in [0, 0.1) is 18.8 Å². The second kappa shape index (κ2) is 5.94. The molecular weight excluding hydrogens is 258 g/mol. The molecule has 1 aliphatic heterocycles. The summed E-state index contributed by atoms with van der Waals surface area (Å²) in [6.07, 6.45) is 0. The Morgan fingerprint density at radius 1 is 1.40 bits per heavy atom. The lowest BCUT2D eigenvalue weighted by atomic mass is 9.87. The van der Waals surface area contributed by atoms with Gasteiger partial charge in [0.05, 0.1) is 5.92 Å². The standard InChI is InChI=1S/C15H19NO4/c1-10-5-3-4-6-13(10)20-9-14(17)16-7-12(8-16)11(2)15(18)19/h3-6,11-12H,7-9H2,1-2H3,(H,18,19). The minimum atomic E-state index is -0.807. The van der Waals surface area contributed by atoms with Gasteiger partial charge in [0.2, 0.25) is 0 Å². The van der Waals surface area contributed by atoms with Gasteiger partial charge in [-0.15, -0.1) is 0 Å². The average Bonchev–Trinajstić information content (AvgIpc) is 2.35. The molecule has 108 valence electrons. The van der Waals surface area contributed by atoms with E-state index in [0.29, 0.717) is 18.8 Å². The molecule has 0 bridgehead atoms. The number of amides is 1. The van der Waals surface area contributed by atoms with Crippen molar-refractivity contribution in [3.05, 3.63) is 29.8 Å². The molecule has 1 aromatic carbocycles. The van der Waals surface area contributed by atoms with Crippen molar-refractivity contribution in [3.63, 3.8) is 0 Å².